The Morgan fingerprint density at radius 2 is 1.80 bits per heavy atom. The van der Waals surface area contributed by atoms with E-state index in [9.17, 15) is 8.78 Å². The van der Waals surface area contributed by atoms with Crippen molar-refractivity contribution in [2.45, 2.75) is 6.55 Å². The van der Waals surface area contributed by atoms with Gasteiger partial charge in [0.15, 0.2) is 0 Å². The molecule has 0 radical (unpaired) electrons. The maximum Gasteiger partial charge on any atom is 0.605 e. The average Bonchev–Trinajstić information content (AvgIpc) is 1.38. The highest BCUT2D eigenvalue weighted by molar-refractivity contribution is 4.41. The van der Waals surface area contributed by atoms with Crippen molar-refractivity contribution in [2.24, 2.45) is 0 Å². The largest absolute Gasteiger partial charge is 0.605 e. The van der Waals surface area contributed by atoms with Crippen LogP contribution in [0.15, 0.2) is 0 Å². The summed E-state index contributed by atoms with van der Waals surface area (Å²) in [5.41, 5.74) is 0. The predicted octanol–water partition coefficient (Wildman–Crippen LogP) is 1.06. The van der Waals surface area contributed by atoms with E-state index >= 15 is 0 Å². The number of alkyl halides is 2. The van der Waals surface area contributed by atoms with E-state index in [2.05, 4.69) is 0 Å². The van der Waals surface area contributed by atoms with Crippen LogP contribution in [0.4, 0.5) is 8.78 Å². The molecule has 5 heavy (non-hydrogen) atoms. The van der Waals surface area contributed by atoms with Gasteiger partial charge in [-0.3, -0.25) is 0 Å². The fraction of sp³-hybridized carbons (Fsp3) is 1.00. The van der Waals surface area contributed by atoms with Gasteiger partial charge in [-0.25, -0.2) is 0 Å². The minimum Gasteiger partial charge on any atom is -0.123 e. The fourth-order valence-electron chi connectivity index (χ4n) is 0. The molecule has 4 heteroatoms. The SMILES string of the molecule is N#[N+]C(F)F. The molecule has 0 bridgehead atoms. The minimum absolute atomic E-state index is 1.56. The molecular weight excluding hydrogens is 78.0 g/mol. The van der Waals surface area contributed by atoms with Gasteiger partial charge in [-0.15, -0.1) is 8.78 Å². The molecular formula is CHF2N2+. The van der Waals surface area contributed by atoms with Crippen LogP contribution in [0.3, 0.4) is 0 Å². The lowest BCUT2D eigenvalue weighted by molar-refractivity contribution is 0.198. The summed E-state index contributed by atoms with van der Waals surface area (Å²) < 4.78 is 20.7. The van der Waals surface area contributed by atoms with E-state index in [1.54, 1.807) is 4.98 Å². The quantitative estimate of drug-likeness (QED) is 0.315. The summed E-state index contributed by atoms with van der Waals surface area (Å²) in [4.78, 5) is 1.56. The zero-order chi connectivity index (χ0) is 4.28. The Morgan fingerprint density at radius 1 is 1.60 bits per heavy atom. The molecule has 0 amide bonds. The summed E-state index contributed by atoms with van der Waals surface area (Å²) in [6.07, 6.45) is 0. The van der Waals surface area contributed by atoms with Crippen molar-refractivity contribution in [3.63, 3.8) is 0 Å². The van der Waals surface area contributed by atoms with Crippen molar-refractivity contribution >= 4 is 0 Å². The van der Waals surface area contributed by atoms with Crippen LogP contribution in [-0.2, 0) is 0 Å². The average molecular weight is 79.0 g/mol. The molecule has 0 aromatic rings. The van der Waals surface area contributed by atoms with Gasteiger partial charge in [-0.1, -0.05) is 0 Å². The van der Waals surface area contributed by atoms with Crippen LogP contribution in [0.1, 0.15) is 0 Å². The van der Waals surface area contributed by atoms with Crippen molar-refractivity contribution in [3.05, 3.63) is 4.98 Å². The Hall–Kier alpha value is -0.720. The second kappa shape index (κ2) is 1.58. The molecule has 0 heterocycles. The molecule has 0 aromatic carbocycles. The molecule has 0 saturated heterocycles. The maximum atomic E-state index is 10.3. The first-order chi connectivity index (χ1) is 2.27. The summed E-state index contributed by atoms with van der Waals surface area (Å²) >= 11 is 0. The Balaban J connectivity index is 2.94. The smallest absolute Gasteiger partial charge is 0.123 e. The first kappa shape index (κ1) is 4.28. The number of rotatable bonds is 0. The number of hydrogen-bond acceptors (Lipinski definition) is 1. The monoisotopic (exact) mass is 79.0 g/mol. The molecule has 0 unspecified atom stereocenters. The van der Waals surface area contributed by atoms with E-state index in [4.69, 9.17) is 5.39 Å². The van der Waals surface area contributed by atoms with Crippen LogP contribution in [0.25, 0.3) is 4.98 Å². The van der Waals surface area contributed by atoms with Crippen molar-refractivity contribution in [1.82, 2.24) is 0 Å². The Kier molecular flexibility index (Phi) is 1.36. The number of nitrogens with zero attached hydrogens (tertiary/aromatic N) is 2. The molecule has 0 aromatic heterocycles. The lowest BCUT2D eigenvalue weighted by Crippen LogP contribution is -1.70. The highest BCUT2D eigenvalue weighted by Crippen LogP contribution is 1.88. The second-order valence-electron chi connectivity index (χ2n) is 0.393. The normalized spacial score (nSPS) is 7.60. The molecule has 0 fully saturated rings. The van der Waals surface area contributed by atoms with Crippen molar-refractivity contribution < 1.29 is 8.78 Å². The molecule has 0 rings (SSSR count). The first-order valence-corrected chi connectivity index (χ1v) is 0.895. The van der Waals surface area contributed by atoms with Crippen molar-refractivity contribution in [2.75, 3.05) is 0 Å². The third-order valence-electron chi connectivity index (χ3n) is 0.0873. The van der Waals surface area contributed by atoms with Gasteiger partial charge in [0.2, 0.25) is 10.4 Å². The zero-order valence-corrected chi connectivity index (χ0v) is 2.23. The van der Waals surface area contributed by atoms with Crippen molar-refractivity contribution in [1.29, 1.82) is 5.39 Å². The molecule has 0 aliphatic rings. The Morgan fingerprint density at radius 3 is 1.80 bits per heavy atom. The number of diazo groups is 1. The van der Waals surface area contributed by atoms with E-state index in [0.29, 0.717) is 0 Å². The van der Waals surface area contributed by atoms with Crippen LogP contribution in [-0.4, -0.2) is 6.55 Å². The van der Waals surface area contributed by atoms with Crippen molar-refractivity contribution in [3.8, 4) is 0 Å². The summed E-state index contributed by atoms with van der Waals surface area (Å²) in [7, 11) is 0. The molecule has 28 valence electrons. The summed E-state index contributed by atoms with van der Waals surface area (Å²) in [6, 6.07) is 0. The van der Waals surface area contributed by atoms with Gasteiger partial charge in [-0.2, -0.15) is 0 Å². The summed E-state index contributed by atoms with van der Waals surface area (Å²) in [5, 5.41) is 7.02. The molecule has 2 nitrogen and oxygen atoms in total. The predicted molar refractivity (Wildman–Crippen MR) is 11.1 cm³/mol. The van der Waals surface area contributed by atoms with Gasteiger partial charge in [0.05, 0.1) is 0 Å². The Bertz CT molecular complexity index is 53.2. The van der Waals surface area contributed by atoms with E-state index in [1.807, 2.05) is 0 Å². The Labute approximate surface area is 27.0 Å². The summed E-state index contributed by atoms with van der Waals surface area (Å²) in [5.74, 6) is 0. The number of hydrogen-bond donors (Lipinski definition) is 0. The lowest BCUT2D eigenvalue weighted by Gasteiger charge is -1.50. The fourth-order valence-corrected chi connectivity index (χ4v) is 0. The topological polar surface area (TPSA) is 28.1 Å². The molecule has 0 N–H and O–H groups in total. The third-order valence-corrected chi connectivity index (χ3v) is 0.0873. The van der Waals surface area contributed by atoms with Gasteiger partial charge in [0.1, 0.15) is 0 Å². The van der Waals surface area contributed by atoms with Crippen LogP contribution in [0, 0.1) is 5.39 Å². The van der Waals surface area contributed by atoms with Gasteiger partial charge in [0, 0.05) is 0 Å². The molecule has 0 saturated carbocycles. The minimum atomic E-state index is -2.94. The number of halogens is 2. The van der Waals surface area contributed by atoms with E-state index in [-0.39, 0.29) is 0 Å². The molecule has 0 atom stereocenters. The van der Waals surface area contributed by atoms with Crippen LogP contribution in [0.5, 0.6) is 0 Å². The van der Waals surface area contributed by atoms with E-state index < -0.39 is 6.55 Å². The third kappa shape index (κ3) is 3.28. The van der Waals surface area contributed by atoms with Crippen LogP contribution in [0.2, 0.25) is 0 Å². The van der Waals surface area contributed by atoms with E-state index in [1.165, 1.54) is 0 Å². The highest BCUT2D eigenvalue weighted by Gasteiger charge is 2.09. The standard InChI is InChI=1S/CHF2N2/c2-1(3)5-4/h1H/q+1. The lowest BCUT2D eigenvalue weighted by atomic mass is 11.4. The first-order valence-electron chi connectivity index (χ1n) is 0.895. The molecule has 0 aliphatic carbocycles. The van der Waals surface area contributed by atoms with Gasteiger partial charge in [-0.05, 0) is 0 Å². The van der Waals surface area contributed by atoms with Crippen LogP contribution >= 0.6 is 0 Å². The van der Waals surface area contributed by atoms with Gasteiger partial charge < -0.3 is 0 Å². The molecule has 0 aliphatic heterocycles. The summed E-state index contributed by atoms with van der Waals surface area (Å²) in [6.45, 7) is -2.94. The van der Waals surface area contributed by atoms with Gasteiger partial charge >= 0.3 is 6.55 Å². The highest BCUT2D eigenvalue weighted by atomic mass is 19.3. The maximum absolute atomic E-state index is 10.3. The second-order valence-corrected chi connectivity index (χ2v) is 0.393. The van der Waals surface area contributed by atoms with E-state index in [0.717, 1.165) is 0 Å². The van der Waals surface area contributed by atoms with Crippen LogP contribution < -0.4 is 0 Å². The molecule has 0 spiro atoms. The zero-order valence-electron chi connectivity index (χ0n) is 2.23. The van der Waals surface area contributed by atoms with Gasteiger partial charge in [0.25, 0.3) is 0 Å².